The Balaban J connectivity index is 1.41. The third-order valence-electron chi connectivity index (χ3n) is 6.64. The smallest absolute Gasteiger partial charge is 0.251 e. The number of nitrogens with one attached hydrogen (secondary N) is 1. The lowest BCUT2D eigenvalue weighted by Crippen LogP contribution is -2.44. The Morgan fingerprint density at radius 2 is 1.69 bits per heavy atom. The molecule has 1 unspecified atom stereocenters. The second-order valence-corrected chi connectivity index (χ2v) is 10.9. The second kappa shape index (κ2) is 10.1. The molecule has 2 aromatic carbocycles. The van der Waals surface area contributed by atoms with Crippen LogP contribution >= 0.6 is 0 Å². The zero-order valence-corrected chi connectivity index (χ0v) is 19.4. The highest BCUT2D eigenvalue weighted by atomic mass is 32.2. The fourth-order valence-corrected chi connectivity index (χ4v) is 6.78. The van der Waals surface area contributed by atoms with Gasteiger partial charge in [0.1, 0.15) is 5.25 Å². The lowest BCUT2D eigenvalue weighted by Gasteiger charge is -2.37. The van der Waals surface area contributed by atoms with Crippen LogP contribution in [0.1, 0.15) is 59.3 Å². The third-order valence-corrected chi connectivity index (χ3v) is 9.01. The monoisotopic (exact) mass is 456 g/mol. The molecule has 0 aromatic heterocycles. The summed E-state index contributed by atoms with van der Waals surface area (Å²) in [6, 6.07) is 16.7. The number of amides is 1. The first-order valence-corrected chi connectivity index (χ1v) is 13.0. The van der Waals surface area contributed by atoms with Gasteiger partial charge in [0, 0.05) is 37.9 Å². The van der Waals surface area contributed by atoms with Crippen LogP contribution in [0.3, 0.4) is 0 Å². The van der Waals surface area contributed by atoms with Gasteiger partial charge in [0.25, 0.3) is 5.91 Å². The van der Waals surface area contributed by atoms with E-state index >= 15 is 0 Å². The highest BCUT2D eigenvalue weighted by Gasteiger charge is 2.40. The number of carbonyl (C=O) groups is 1. The average molecular weight is 457 g/mol. The first-order chi connectivity index (χ1) is 15.4. The standard InChI is InChI=1S/C25H32N2O4S/c1-19-7-12-24(22-5-3-2-4-6-22)32(29,30)27(19)18-21-8-10-23(11-9-21)25(28)26-17-20-13-15-31-16-14-20/h2-6,8-11,19-20,24H,7,12-18H2,1H3,(H,26,28)/t19-,24?/m0/s1. The number of ether oxygens (including phenoxy) is 1. The Kier molecular flexibility index (Phi) is 7.28. The number of benzene rings is 2. The molecule has 32 heavy (non-hydrogen) atoms. The second-order valence-electron chi connectivity index (χ2n) is 8.88. The van der Waals surface area contributed by atoms with E-state index in [1.54, 1.807) is 16.4 Å². The molecule has 6 nitrogen and oxygen atoms in total. The summed E-state index contributed by atoms with van der Waals surface area (Å²) in [4.78, 5) is 12.5. The van der Waals surface area contributed by atoms with E-state index < -0.39 is 15.3 Å². The first kappa shape index (κ1) is 23.0. The van der Waals surface area contributed by atoms with E-state index in [-0.39, 0.29) is 11.9 Å². The van der Waals surface area contributed by atoms with Crippen LogP contribution in [-0.2, 0) is 21.3 Å². The third kappa shape index (κ3) is 5.22. The predicted molar refractivity (Wildman–Crippen MR) is 125 cm³/mol. The summed E-state index contributed by atoms with van der Waals surface area (Å²) in [7, 11) is -3.47. The van der Waals surface area contributed by atoms with Crippen LogP contribution in [0.15, 0.2) is 54.6 Å². The number of hydrogen-bond acceptors (Lipinski definition) is 4. The number of sulfonamides is 1. The molecule has 7 heteroatoms. The van der Waals surface area contributed by atoms with Crippen LogP contribution in [0.5, 0.6) is 0 Å². The molecular formula is C25H32N2O4S. The van der Waals surface area contributed by atoms with Crippen LogP contribution < -0.4 is 5.32 Å². The van der Waals surface area contributed by atoms with Crippen LogP contribution in [-0.4, -0.2) is 44.4 Å². The summed E-state index contributed by atoms with van der Waals surface area (Å²) in [6.45, 7) is 4.47. The number of hydrogen-bond donors (Lipinski definition) is 1. The Labute approximate surface area is 191 Å². The topological polar surface area (TPSA) is 75.7 Å². The van der Waals surface area contributed by atoms with Crippen LogP contribution in [0.4, 0.5) is 0 Å². The van der Waals surface area contributed by atoms with Crippen LogP contribution in [0.2, 0.25) is 0 Å². The maximum absolute atomic E-state index is 13.4. The number of rotatable bonds is 6. The largest absolute Gasteiger partial charge is 0.381 e. The molecule has 2 aliphatic rings. The molecule has 2 fully saturated rings. The maximum atomic E-state index is 13.4. The minimum absolute atomic E-state index is 0.0533. The molecule has 2 aliphatic heterocycles. The van der Waals surface area contributed by atoms with Crippen molar-refractivity contribution in [3.8, 4) is 0 Å². The van der Waals surface area contributed by atoms with Crippen molar-refractivity contribution in [2.75, 3.05) is 19.8 Å². The van der Waals surface area contributed by atoms with E-state index in [1.807, 2.05) is 49.4 Å². The van der Waals surface area contributed by atoms with Crippen LogP contribution in [0.25, 0.3) is 0 Å². The van der Waals surface area contributed by atoms with Crippen LogP contribution in [0, 0.1) is 5.92 Å². The van der Waals surface area contributed by atoms with E-state index in [2.05, 4.69) is 5.32 Å². The average Bonchev–Trinajstić information content (AvgIpc) is 2.82. The molecule has 0 aliphatic carbocycles. The molecular weight excluding hydrogens is 424 g/mol. The van der Waals surface area contributed by atoms with E-state index in [0.29, 0.717) is 31.0 Å². The highest BCUT2D eigenvalue weighted by molar-refractivity contribution is 7.89. The van der Waals surface area contributed by atoms with Gasteiger partial charge in [-0.25, -0.2) is 8.42 Å². The quantitative estimate of drug-likeness (QED) is 0.715. The lowest BCUT2D eigenvalue weighted by atomic mass is 10.0. The van der Waals surface area contributed by atoms with Gasteiger partial charge in [-0.05, 0) is 61.8 Å². The van der Waals surface area contributed by atoms with Gasteiger partial charge in [-0.1, -0.05) is 42.5 Å². The van der Waals surface area contributed by atoms with Gasteiger partial charge in [-0.15, -0.1) is 0 Å². The molecule has 0 bridgehead atoms. The molecule has 0 radical (unpaired) electrons. The predicted octanol–water partition coefficient (Wildman–Crippen LogP) is 3.90. The fourth-order valence-electron chi connectivity index (χ4n) is 4.58. The zero-order valence-electron chi connectivity index (χ0n) is 18.6. The van der Waals surface area contributed by atoms with Crippen molar-refractivity contribution in [1.82, 2.24) is 9.62 Å². The molecule has 2 atom stereocenters. The summed E-state index contributed by atoms with van der Waals surface area (Å²) in [5.74, 6) is 0.376. The highest BCUT2D eigenvalue weighted by Crippen LogP contribution is 2.38. The van der Waals surface area contributed by atoms with Crippen molar-refractivity contribution in [2.24, 2.45) is 5.92 Å². The molecule has 4 rings (SSSR count). The summed E-state index contributed by atoms with van der Waals surface area (Å²) < 4.78 is 33.8. The van der Waals surface area contributed by atoms with E-state index in [9.17, 15) is 13.2 Å². The van der Waals surface area contributed by atoms with Crippen molar-refractivity contribution in [3.05, 3.63) is 71.3 Å². The van der Waals surface area contributed by atoms with Gasteiger partial charge >= 0.3 is 0 Å². The van der Waals surface area contributed by atoms with Gasteiger partial charge in [0.2, 0.25) is 10.0 Å². The molecule has 172 valence electrons. The van der Waals surface area contributed by atoms with Crippen molar-refractivity contribution < 1.29 is 17.9 Å². The van der Waals surface area contributed by atoms with E-state index in [1.165, 1.54) is 0 Å². The van der Waals surface area contributed by atoms with Gasteiger partial charge in [0.15, 0.2) is 0 Å². The molecule has 2 aromatic rings. The molecule has 1 N–H and O–H groups in total. The van der Waals surface area contributed by atoms with Gasteiger partial charge in [-0.2, -0.15) is 4.31 Å². The summed E-state index contributed by atoms with van der Waals surface area (Å²) in [6.07, 6.45) is 3.42. The molecule has 2 saturated heterocycles. The molecule has 0 spiro atoms. The minimum atomic E-state index is -3.47. The van der Waals surface area contributed by atoms with Gasteiger partial charge in [0.05, 0.1) is 0 Å². The Hall–Kier alpha value is -2.22. The Morgan fingerprint density at radius 3 is 2.38 bits per heavy atom. The number of carbonyl (C=O) groups excluding carboxylic acids is 1. The Morgan fingerprint density at radius 1 is 1.00 bits per heavy atom. The molecule has 2 heterocycles. The lowest BCUT2D eigenvalue weighted by molar-refractivity contribution is 0.0642. The minimum Gasteiger partial charge on any atom is -0.381 e. The van der Waals surface area contributed by atoms with Gasteiger partial charge < -0.3 is 10.1 Å². The van der Waals surface area contributed by atoms with Crippen molar-refractivity contribution >= 4 is 15.9 Å². The van der Waals surface area contributed by atoms with Gasteiger partial charge in [-0.3, -0.25) is 4.79 Å². The summed E-state index contributed by atoms with van der Waals surface area (Å²) >= 11 is 0. The van der Waals surface area contributed by atoms with E-state index in [0.717, 1.165) is 43.6 Å². The zero-order chi connectivity index (χ0) is 22.6. The van der Waals surface area contributed by atoms with E-state index in [4.69, 9.17) is 4.74 Å². The van der Waals surface area contributed by atoms with Crippen molar-refractivity contribution in [1.29, 1.82) is 0 Å². The first-order valence-electron chi connectivity index (χ1n) is 11.5. The molecule has 0 saturated carbocycles. The number of nitrogens with zero attached hydrogens (tertiary/aromatic N) is 1. The summed E-state index contributed by atoms with van der Waals surface area (Å²) in [5.41, 5.74) is 2.33. The summed E-state index contributed by atoms with van der Waals surface area (Å²) in [5, 5.41) is 2.51. The molecule has 1 amide bonds. The fraction of sp³-hybridized carbons (Fsp3) is 0.480. The Bertz CT molecular complexity index is 1000. The van der Waals surface area contributed by atoms with Crippen molar-refractivity contribution in [2.45, 2.75) is 50.4 Å². The SMILES string of the molecule is C[C@H]1CCC(c2ccccc2)S(=O)(=O)N1Cc1ccc(C(=O)NCC2CCOCC2)cc1. The normalized spacial score (nSPS) is 24.2. The van der Waals surface area contributed by atoms with Crippen molar-refractivity contribution in [3.63, 3.8) is 0 Å². The maximum Gasteiger partial charge on any atom is 0.251 e.